The molecule has 7 aromatic rings. The van der Waals surface area contributed by atoms with Crippen LogP contribution < -0.4 is 4.74 Å². The van der Waals surface area contributed by atoms with Crippen LogP contribution in [0.4, 0.5) is 0 Å². The van der Waals surface area contributed by atoms with Gasteiger partial charge in [0.05, 0.1) is 22.9 Å². The quantitative estimate of drug-likeness (QED) is 0.119. The zero-order chi connectivity index (χ0) is 38.1. The Morgan fingerprint density at radius 3 is 1.93 bits per heavy atom. The minimum atomic E-state index is 0.551. The Bertz CT molecular complexity index is 2360. The number of fused-ring (bicyclic) bond motifs is 3. The van der Waals surface area contributed by atoms with E-state index in [0.29, 0.717) is 23.7 Å². The average molecular weight is 717 g/mol. The van der Waals surface area contributed by atoms with Gasteiger partial charge in [-0.1, -0.05) is 85.7 Å². The molecule has 0 bridgehead atoms. The van der Waals surface area contributed by atoms with E-state index in [2.05, 4.69) is 152 Å². The molecule has 0 N–H and O–H groups in total. The van der Waals surface area contributed by atoms with E-state index in [9.17, 15) is 0 Å². The second kappa shape index (κ2) is 15.7. The summed E-state index contributed by atoms with van der Waals surface area (Å²) < 4.78 is 10.9. The van der Waals surface area contributed by atoms with E-state index < -0.39 is 0 Å². The molecule has 0 fully saturated rings. The number of nitrogens with zero attached hydrogens (tertiary/aromatic N) is 4. The summed E-state index contributed by atoms with van der Waals surface area (Å²) in [5, 5.41) is 7.36. The second-order valence-electron chi connectivity index (χ2n) is 16.9. The zero-order valence-electron chi connectivity index (χ0n) is 33.6. The van der Waals surface area contributed by atoms with Gasteiger partial charge in [0.25, 0.3) is 0 Å². The highest BCUT2D eigenvalue weighted by atomic mass is 16.5. The molecule has 0 aliphatic carbocycles. The molecule has 5 heteroatoms. The van der Waals surface area contributed by atoms with Crippen LogP contribution in [0.15, 0.2) is 104 Å². The van der Waals surface area contributed by atoms with Gasteiger partial charge in [0, 0.05) is 40.9 Å². The highest BCUT2D eigenvalue weighted by Gasteiger charge is 2.23. The van der Waals surface area contributed by atoms with E-state index in [4.69, 9.17) is 14.8 Å². The van der Waals surface area contributed by atoms with Crippen molar-refractivity contribution in [2.24, 2.45) is 23.7 Å². The number of benzene rings is 4. The Kier molecular flexibility index (Phi) is 10.8. The molecule has 0 radical (unpaired) electrons. The highest BCUT2D eigenvalue weighted by Crippen LogP contribution is 2.39. The van der Waals surface area contributed by atoms with Gasteiger partial charge in [0.2, 0.25) is 0 Å². The molecule has 0 amide bonds. The molecule has 5 nitrogen and oxygen atoms in total. The normalized spacial score (nSPS) is 12.0. The van der Waals surface area contributed by atoms with Crippen LogP contribution in [0.2, 0.25) is 0 Å². The number of pyridine rings is 1. The molecular weight excluding hydrogens is 661 g/mol. The fraction of sp³-hybridized carbons (Fsp3) is 0.347. The SMILES string of the molecule is Cc1ccnc(-n2c3ccccc3c3ccc(Oc4cccc(-n5cc(-c6c(CC(C)C)c(CC(C)C)cc(CC(C)C)c6CC(C)C)cn5)c4)cc32)c1. The molecule has 0 aliphatic heterocycles. The van der Waals surface area contributed by atoms with E-state index in [1.807, 2.05) is 23.0 Å². The van der Waals surface area contributed by atoms with Crippen molar-refractivity contribution in [2.75, 3.05) is 0 Å². The van der Waals surface area contributed by atoms with Crippen LogP contribution in [-0.2, 0) is 25.7 Å². The van der Waals surface area contributed by atoms with Crippen molar-refractivity contribution in [2.45, 2.75) is 88.0 Å². The molecule has 4 aromatic carbocycles. The Morgan fingerprint density at radius 1 is 0.611 bits per heavy atom. The lowest BCUT2D eigenvalue weighted by molar-refractivity contribution is 0.483. The van der Waals surface area contributed by atoms with Crippen molar-refractivity contribution in [3.05, 3.63) is 131 Å². The van der Waals surface area contributed by atoms with E-state index in [0.717, 1.165) is 59.7 Å². The number of ether oxygens (including phenoxy) is 1. The lowest BCUT2D eigenvalue weighted by atomic mass is 9.79. The largest absolute Gasteiger partial charge is 0.457 e. The predicted molar refractivity (Wildman–Crippen MR) is 227 cm³/mol. The summed E-state index contributed by atoms with van der Waals surface area (Å²) in [7, 11) is 0. The standard InChI is InChI=1S/C49H56N4O/c1-31(2)21-36-26-37(22-32(3)4)45(24-34(7)8)49(44(36)23-33(5)6)38-29-51-52(30-38)39-13-12-14-40(27-39)54-41-17-18-43-42-15-10-11-16-46(42)53(47(43)28-41)48-25-35(9)19-20-50-48/h10-20,25-34H,21-24H2,1-9H3. The Labute approximate surface area is 322 Å². The van der Waals surface area contributed by atoms with Gasteiger partial charge in [-0.3, -0.25) is 4.57 Å². The van der Waals surface area contributed by atoms with E-state index in [1.165, 1.54) is 49.7 Å². The summed E-state index contributed by atoms with van der Waals surface area (Å²) in [6.45, 7) is 20.9. The Hall–Kier alpha value is -5.16. The van der Waals surface area contributed by atoms with Gasteiger partial charge in [-0.05, 0) is 132 Å². The maximum Gasteiger partial charge on any atom is 0.137 e. The fourth-order valence-corrected chi connectivity index (χ4v) is 8.08. The molecule has 0 saturated heterocycles. The molecule has 0 unspecified atom stereocenters. The van der Waals surface area contributed by atoms with Crippen LogP contribution in [0.1, 0.15) is 83.2 Å². The van der Waals surface area contributed by atoms with Crippen molar-refractivity contribution in [3.8, 4) is 34.1 Å². The number of aryl methyl sites for hydroxylation is 1. The molecule has 54 heavy (non-hydrogen) atoms. The Morgan fingerprint density at radius 2 is 1.26 bits per heavy atom. The lowest BCUT2D eigenvalue weighted by Crippen LogP contribution is -2.13. The van der Waals surface area contributed by atoms with Crippen molar-refractivity contribution in [3.63, 3.8) is 0 Å². The summed E-state index contributed by atoms with van der Waals surface area (Å²) in [5.41, 5.74) is 13.0. The summed E-state index contributed by atoms with van der Waals surface area (Å²) in [6.07, 6.45) is 10.5. The first-order chi connectivity index (χ1) is 25.9. The first-order valence-corrected chi connectivity index (χ1v) is 19.9. The summed E-state index contributed by atoms with van der Waals surface area (Å²) in [5.74, 6) is 4.70. The van der Waals surface area contributed by atoms with Gasteiger partial charge in [-0.2, -0.15) is 5.10 Å². The molecule has 278 valence electrons. The van der Waals surface area contributed by atoms with Gasteiger partial charge < -0.3 is 4.74 Å². The summed E-state index contributed by atoms with van der Waals surface area (Å²) >= 11 is 0. The zero-order valence-corrected chi connectivity index (χ0v) is 33.6. The van der Waals surface area contributed by atoms with Crippen molar-refractivity contribution in [1.29, 1.82) is 0 Å². The van der Waals surface area contributed by atoms with Gasteiger partial charge in [0.15, 0.2) is 0 Å². The Balaban J connectivity index is 1.28. The van der Waals surface area contributed by atoms with Crippen molar-refractivity contribution in [1.82, 2.24) is 19.3 Å². The monoisotopic (exact) mass is 716 g/mol. The maximum absolute atomic E-state index is 6.61. The molecule has 0 spiro atoms. The smallest absolute Gasteiger partial charge is 0.137 e. The first-order valence-electron chi connectivity index (χ1n) is 19.9. The van der Waals surface area contributed by atoms with Gasteiger partial charge in [-0.15, -0.1) is 0 Å². The third-order valence-corrected chi connectivity index (χ3v) is 10.2. The molecule has 7 rings (SSSR count). The van der Waals surface area contributed by atoms with Crippen molar-refractivity contribution < 1.29 is 4.74 Å². The van der Waals surface area contributed by atoms with Gasteiger partial charge >= 0.3 is 0 Å². The van der Waals surface area contributed by atoms with Crippen LogP contribution in [-0.4, -0.2) is 19.3 Å². The summed E-state index contributed by atoms with van der Waals surface area (Å²) in [4.78, 5) is 4.75. The average Bonchev–Trinajstić information content (AvgIpc) is 3.73. The number of hydrogen-bond donors (Lipinski definition) is 0. The number of rotatable bonds is 13. The molecule has 3 aromatic heterocycles. The number of para-hydroxylation sites is 1. The summed E-state index contributed by atoms with van der Waals surface area (Å²) in [6, 6.07) is 29.9. The third kappa shape index (κ3) is 7.87. The number of aromatic nitrogens is 4. The van der Waals surface area contributed by atoms with Crippen LogP contribution >= 0.6 is 0 Å². The molecule has 0 atom stereocenters. The van der Waals surface area contributed by atoms with E-state index in [1.54, 1.807) is 0 Å². The van der Waals surface area contributed by atoms with E-state index in [-0.39, 0.29) is 0 Å². The lowest BCUT2D eigenvalue weighted by Gasteiger charge is -2.26. The maximum atomic E-state index is 6.61. The van der Waals surface area contributed by atoms with Crippen LogP contribution in [0.25, 0.3) is 44.4 Å². The third-order valence-electron chi connectivity index (χ3n) is 10.2. The van der Waals surface area contributed by atoms with Crippen LogP contribution in [0, 0.1) is 30.6 Å². The van der Waals surface area contributed by atoms with Crippen LogP contribution in [0.3, 0.4) is 0 Å². The molecule has 0 aliphatic rings. The topological polar surface area (TPSA) is 44.9 Å². The molecule has 3 heterocycles. The van der Waals surface area contributed by atoms with Gasteiger partial charge in [0.1, 0.15) is 17.3 Å². The fourth-order valence-electron chi connectivity index (χ4n) is 8.08. The van der Waals surface area contributed by atoms with Crippen LogP contribution in [0.5, 0.6) is 11.5 Å². The molecular formula is C49H56N4O. The number of hydrogen-bond acceptors (Lipinski definition) is 3. The highest BCUT2D eigenvalue weighted by molar-refractivity contribution is 6.09. The van der Waals surface area contributed by atoms with Crippen molar-refractivity contribution >= 4 is 21.8 Å². The van der Waals surface area contributed by atoms with Gasteiger partial charge in [-0.25, -0.2) is 9.67 Å². The predicted octanol–water partition coefficient (Wildman–Crippen LogP) is 12.9. The first kappa shape index (κ1) is 37.2. The minimum Gasteiger partial charge on any atom is -0.457 e. The second-order valence-corrected chi connectivity index (χ2v) is 16.9. The van der Waals surface area contributed by atoms with E-state index >= 15 is 0 Å². The molecule has 0 saturated carbocycles. The minimum absolute atomic E-state index is 0.551.